The van der Waals surface area contributed by atoms with Gasteiger partial charge in [0.2, 0.25) is 0 Å². The Morgan fingerprint density at radius 1 is 1.53 bits per heavy atom. The number of nitrogens with zero attached hydrogens (tertiary/aromatic N) is 2. The van der Waals surface area contributed by atoms with Crippen molar-refractivity contribution in [3.63, 3.8) is 0 Å². The van der Waals surface area contributed by atoms with Gasteiger partial charge in [-0.05, 0) is 38.3 Å². The van der Waals surface area contributed by atoms with Gasteiger partial charge in [0.1, 0.15) is 5.84 Å². The first-order valence-electron chi connectivity index (χ1n) is 5.56. The molecule has 1 saturated heterocycles. The number of likely N-dealkylation sites (tertiary alicyclic amines) is 1. The van der Waals surface area contributed by atoms with Crippen molar-refractivity contribution >= 4 is 5.84 Å². The molecule has 1 heterocycles. The summed E-state index contributed by atoms with van der Waals surface area (Å²) in [5.74, 6) is 0.730. The van der Waals surface area contributed by atoms with E-state index in [1.165, 1.54) is 0 Å². The third-order valence-electron chi connectivity index (χ3n) is 2.90. The van der Waals surface area contributed by atoms with Crippen LogP contribution in [0.25, 0.3) is 0 Å². The second-order valence-corrected chi connectivity index (χ2v) is 4.19. The maximum absolute atomic E-state index is 9.06. The molecule has 1 fully saturated rings. The zero-order valence-corrected chi connectivity index (χ0v) is 9.10. The van der Waals surface area contributed by atoms with Crippen molar-refractivity contribution in [1.82, 2.24) is 4.90 Å². The van der Waals surface area contributed by atoms with Gasteiger partial charge in [-0.15, -0.1) is 0 Å². The zero-order valence-electron chi connectivity index (χ0n) is 9.10. The number of amidine groups is 1. The maximum atomic E-state index is 9.06. The molecule has 0 saturated carbocycles. The van der Waals surface area contributed by atoms with E-state index < -0.39 is 0 Å². The molecule has 0 bridgehead atoms. The summed E-state index contributed by atoms with van der Waals surface area (Å²) in [6, 6.07) is 0. The van der Waals surface area contributed by atoms with Gasteiger partial charge in [-0.1, -0.05) is 5.16 Å². The van der Waals surface area contributed by atoms with Crippen LogP contribution in [0.3, 0.4) is 0 Å². The summed E-state index contributed by atoms with van der Waals surface area (Å²) in [6.45, 7) is 3.34. The minimum absolute atomic E-state index is 0.288. The van der Waals surface area contributed by atoms with Gasteiger partial charge >= 0.3 is 0 Å². The molecule has 0 radical (unpaired) electrons. The third-order valence-corrected chi connectivity index (χ3v) is 2.90. The molecule has 4 N–H and O–H groups in total. The lowest BCUT2D eigenvalue weighted by atomic mass is 9.99. The van der Waals surface area contributed by atoms with Gasteiger partial charge in [-0.2, -0.15) is 0 Å². The average molecular weight is 215 g/mol. The molecule has 15 heavy (non-hydrogen) atoms. The van der Waals surface area contributed by atoms with Crippen LogP contribution in [0.4, 0.5) is 0 Å². The van der Waals surface area contributed by atoms with Crippen LogP contribution in [-0.4, -0.2) is 47.3 Å². The van der Waals surface area contributed by atoms with Crippen molar-refractivity contribution in [3.8, 4) is 0 Å². The lowest BCUT2D eigenvalue weighted by molar-refractivity contribution is 0.120. The zero-order chi connectivity index (χ0) is 11.1. The Hall–Kier alpha value is -0.810. The van der Waals surface area contributed by atoms with E-state index in [1.807, 2.05) is 0 Å². The fourth-order valence-corrected chi connectivity index (χ4v) is 2.04. The van der Waals surface area contributed by atoms with Gasteiger partial charge in [0.25, 0.3) is 0 Å². The molecule has 0 aromatic carbocycles. The number of rotatable bonds is 5. The van der Waals surface area contributed by atoms with E-state index >= 15 is 0 Å². The number of piperidine rings is 1. The van der Waals surface area contributed by atoms with Gasteiger partial charge < -0.3 is 20.9 Å². The van der Waals surface area contributed by atoms with Crippen LogP contribution in [0.2, 0.25) is 0 Å². The quantitative estimate of drug-likeness (QED) is 0.265. The average Bonchev–Trinajstić information content (AvgIpc) is 2.29. The lowest BCUT2D eigenvalue weighted by Gasteiger charge is -2.31. The van der Waals surface area contributed by atoms with E-state index in [1.54, 1.807) is 0 Å². The highest BCUT2D eigenvalue weighted by Gasteiger charge is 2.18. The fourth-order valence-electron chi connectivity index (χ4n) is 2.04. The molecule has 1 aliphatic rings. The van der Waals surface area contributed by atoms with Crippen LogP contribution in [0, 0.1) is 5.92 Å². The minimum Gasteiger partial charge on any atom is -0.409 e. The highest BCUT2D eigenvalue weighted by atomic mass is 16.4. The van der Waals surface area contributed by atoms with Gasteiger partial charge in [-0.25, -0.2) is 0 Å². The summed E-state index contributed by atoms with van der Waals surface area (Å²) in [5, 5.41) is 20.4. The standard InChI is InChI=1S/C10H21N3O2/c11-10(12-15)4-2-6-13-5-1-3-9(7-13)8-14/h9,14-15H,1-8H2,(H2,11,12). The first-order chi connectivity index (χ1) is 7.26. The first-order valence-corrected chi connectivity index (χ1v) is 5.56. The van der Waals surface area contributed by atoms with Crippen molar-refractivity contribution in [2.24, 2.45) is 16.8 Å². The Labute approximate surface area is 90.6 Å². The number of aliphatic hydroxyl groups is 1. The van der Waals surface area contributed by atoms with Crippen LogP contribution in [-0.2, 0) is 0 Å². The Balaban J connectivity index is 2.15. The Kier molecular flexibility index (Phi) is 5.42. The fraction of sp³-hybridized carbons (Fsp3) is 0.900. The molecule has 1 unspecified atom stereocenters. The van der Waals surface area contributed by atoms with Crippen molar-refractivity contribution in [2.45, 2.75) is 25.7 Å². The van der Waals surface area contributed by atoms with E-state index in [9.17, 15) is 0 Å². The van der Waals surface area contributed by atoms with Crippen LogP contribution < -0.4 is 5.73 Å². The van der Waals surface area contributed by atoms with Crippen molar-refractivity contribution < 1.29 is 10.3 Å². The number of hydrogen-bond acceptors (Lipinski definition) is 4. The summed E-state index contributed by atoms with van der Waals surface area (Å²) in [7, 11) is 0. The predicted octanol–water partition coefficient (Wildman–Crippen LogP) is 0.217. The lowest BCUT2D eigenvalue weighted by Crippen LogP contribution is -2.37. The summed E-state index contributed by atoms with van der Waals surface area (Å²) in [6.07, 6.45) is 3.84. The largest absolute Gasteiger partial charge is 0.409 e. The topological polar surface area (TPSA) is 82.1 Å². The Morgan fingerprint density at radius 2 is 2.33 bits per heavy atom. The molecule has 0 aromatic rings. The van der Waals surface area contributed by atoms with Crippen LogP contribution in [0.15, 0.2) is 5.16 Å². The third kappa shape index (κ3) is 4.48. The first kappa shape index (κ1) is 12.3. The Bertz CT molecular complexity index is 209. The maximum Gasteiger partial charge on any atom is 0.139 e. The normalized spacial score (nSPS) is 24.3. The molecule has 5 nitrogen and oxygen atoms in total. The second kappa shape index (κ2) is 6.63. The monoisotopic (exact) mass is 215 g/mol. The van der Waals surface area contributed by atoms with E-state index in [4.69, 9.17) is 16.0 Å². The molecule has 0 spiro atoms. The van der Waals surface area contributed by atoms with Gasteiger partial charge in [0, 0.05) is 19.6 Å². The molecule has 1 rings (SSSR count). The molecule has 0 amide bonds. The second-order valence-electron chi connectivity index (χ2n) is 4.19. The van der Waals surface area contributed by atoms with E-state index in [0.29, 0.717) is 18.2 Å². The minimum atomic E-state index is 0.288. The number of hydrogen-bond donors (Lipinski definition) is 3. The molecule has 1 atom stereocenters. The summed E-state index contributed by atoms with van der Waals surface area (Å²) in [4.78, 5) is 2.34. The van der Waals surface area contributed by atoms with Gasteiger partial charge in [0.05, 0.1) is 0 Å². The SMILES string of the molecule is N/C(CCCN1CCCC(CO)C1)=N\O. The van der Waals surface area contributed by atoms with Crippen molar-refractivity contribution in [1.29, 1.82) is 0 Å². The van der Waals surface area contributed by atoms with E-state index in [0.717, 1.165) is 38.9 Å². The predicted molar refractivity (Wildman–Crippen MR) is 58.9 cm³/mol. The van der Waals surface area contributed by atoms with Crippen LogP contribution in [0.5, 0.6) is 0 Å². The van der Waals surface area contributed by atoms with Gasteiger partial charge in [0.15, 0.2) is 0 Å². The molecule has 0 aromatic heterocycles. The van der Waals surface area contributed by atoms with Crippen LogP contribution in [0.1, 0.15) is 25.7 Å². The molecule has 5 heteroatoms. The molecule has 88 valence electrons. The Morgan fingerprint density at radius 3 is 3.00 bits per heavy atom. The smallest absolute Gasteiger partial charge is 0.139 e. The summed E-state index contributed by atoms with van der Waals surface area (Å²) < 4.78 is 0. The van der Waals surface area contributed by atoms with Crippen molar-refractivity contribution in [3.05, 3.63) is 0 Å². The molecule has 1 aliphatic heterocycles. The van der Waals surface area contributed by atoms with E-state index in [-0.39, 0.29) is 6.61 Å². The highest BCUT2D eigenvalue weighted by Crippen LogP contribution is 2.15. The van der Waals surface area contributed by atoms with Crippen molar-refractivity contribution in [2.75, 3.05) is 26.2 Å². The number of nitrogens with two attached hydrogens (primary N) is 1. The summed E-state index contributed by atoms with van der Waals surface area (Å²) in [5.41, 5.74) is 5.38. The number of aliphatic hydroxyl groups excluding tert-OH is 1. The number of oxime groups is 1. The van der Waals surface area contributed by atoms with E-state index in [2.05, 4.69) is 10.1 Å². The highest BCUT2D eigenvalue weighted by molar-refractivity contribution is 5.79. The van der Waals surface area contributed by atoms with Crippen LogP contribution >= 0.6 is 0 Å². The molecular formula is C10H21N3O2. The van der Waals surface area contributed by atoms with Gasteiger partial charge in [-0.3, -0.25) is 0 Å². The molecular weight excluding hydrogens is 194 g/mol. The molecule has 0 aliphatic carbocycles. The summed E-state index contributed by atoms with van der Waals surface area (Å²) >= 11 is 0.